The van der Waals surface area contributed by atoms with Gasteiger partial charge in [0.1, 0.15) is 0 Å². The molecule has 4 nitrogen and oxygen atoms in total. The quantitative estimate of drug-likeness (QED) is 0.320. The molecule has 0 saturated carbocycles. The van der Waals surface area contributed by atoms with Gasteiger partial charge < -0.3 is 10.1 Å². The van der Waals surface area contributed by atoms with Gasteiger partial charge in [-0.2, -0.15) is 0 Å². The number of hydrogen-bond donors (Lipinski definition) is 1. The third-order valence-electron chi connectivity index (χ3n) is 0.654. The van der Waals surface area contributed by atoms with Gasteiger partial charge in [-0.15, -0.1) is 0 Å². The van der Waals surface area contributed by atoms with Crippen LogP contribution in [0.1, 0.15) is 0 Å². The van der Waals surface area contributed by atoms with E-state index >= 15 is 0 Å². The zero-order valence-corrected chi connectivity index (χ0v) is 4.64. The molecule has 1 N–H and O–H groups in total. The monoisotopic (exact) mass is 131 g/mol. The fraction of sp³-hybridized carbons (Fsp3) is 0. The number of nitrogens with one attached hydrogen (secondary N) is 1. The smallest absolute Gasteiger partial charge is 0.324 e. The molecule has 0 atom stereocenters. The number of nitro groups is 1. The molecule has 1 rings (SSSR count). The van der Waals surface area contributed by atoms with Crippen molar-refractivity contribution in [1.29, 1.82) is 0 Å². The van der Waals surface area contributed by atoms with Crippen molar-refractivity contribution in [3.05, 3.63) is 27.8 Å². The van der Waals surface area contributed by atoms with Gasteiger partial charge in [0.2, 0.25) is 0 Å². The molecule has 0 aromatic heterocycles. The molecule has 0 spiro atoms. The first-order valence-electron chi connectivity index (χ1n) is 1.90. The van der Waals surface area contributed by atoms with E-state index in [4.69, 9.17) is 0 Å². The van der Waals surface area contributed by atoms with Crippen molar-refractivity contribution < 1.29 is 4.92 Å². The molecule has 0 amide bonds. The van der Waals surface area contributed by atoms with Crippen molar-refractivity contribution in [2.75, 3.05) is 0 Å². The Morgan fingerprint density at radius 3 is 2.88 bits per heavy atom. The predicted octanol–water partition coefficient (Wildman–Crippen LogP) is 0.518. The van der Waals surface area contributed by atoms with Gasteiger partial charge in [0.05, 0.1) is 17.7 Å². The van der Waals surface area contributed by atoms with E-state index in [2.05, 4.69) is 4.72 Å². The number of rotatable bonds is 1. The fourth-order valence-electron chi connectivity index (χ4n) is 0.325. The Balaban J connectivity index is 2.57. The van der Waals surface area contributed by atoms with E-state index in [1.165, 1.54) is 18.0 Å². The highest BCUT2D eigenvalue weighted by atomic mass is 32.2. The van der Waals surface area contributed by atoms with E-state index in [9.17, 15) is 10.1 Å². The van der Waals surface area contributed by atoms with Crippen LogP contribution in [0.5, 0.6) is 0 Å². The highest BCUT2D eigenvalue weighted by Gasteiger charge is 2.13. The minimum Gasteiger partial charge on any atom is -0.358 e. The van der Waals surface area contributed by atoms with E-state index in [0.29, 0.717) is 0 Å². The van der Waals surface area contributed by atoms with E-state index in [1.54, 1.807) is 5.75 Å². The van der Waals surface area contributed by atoms with E-state index in [1.807, 2.05) is 0 Å². The summed E-state index contributed by atoms with van der Waals surface area (Å²) in [4.78, 5) is 9.38. The van der Waals surface area contributed by atoms with Crippen LogP contribution >= 0.6 is 11.9 Å². The first-order valence-corrected chi connectivity index (χ1v) is 2.78. The van der Waals surface area contributed by atoms with E-state index < -0.39 is 4.92 Å². The summed E-state index contributed by atoms with van der Waals surface area (Å²) >= 11 is 1.20. The minimum atomic E-state index is -0.462. The minimum absolute atomic E-state index is 0.0509. The summed E-state index contributed by atoms with van der Waals surface area (Å²) in [5.74, 6) is 1.67. The lowest BCUT2D eigenvalue weighted by Crippen LogP contribution is -2.07. The molecule has 0 bridgehead atoms. The molecule has 0 unspecified atom stereocenters. The maximum atomic E-state index is 9.84. The summed E-state index contributed by atoms with van der Waals surface area (Å²) in [5, 5.41) is 9.84. The Morgan fingerprint density at radius 1 is 1.88 bits per heavy atom. The predicted molar refractivity (Wildman–Crippen MR) is 30.1 cm³/mol. The van der Waals surface area contributed by atoms with Crippen LogP contribution in [-0.2, 0) is 0 Å². The van der Waals surface area contributed by atoms with Crippen LogP contribution in [0.4, 0.5) is 0 Å². The molecule has 1 aliphatic heterocycles. The zero-order chi connectivity index (χ0) is 5.98. The van der Waals surface area contributed by atoms with Crippen molar-refractivity contribution in [3.8, 4) is 0 Å². The third kappa shape index (κ3) is 0.919. The van der Waals surface area contributed by atoms with Gasteiger partial charge >= 0.3 is 5.82 Å². The average Bonchev–Trinajstić information content (AvgIpc) is 2.12. The zero-order valence-electron chi connectivity index (χ0n) is 3.83. The average molecular weight is 131 g/mol. The van der Waals surface area contributed by atoms with Gasteiger partial charge in [-0.05, 0) is 4.92 Å². The molecule has 1 heterocycles. The molecular formula is C3H3N2O2S. The van der Waals surface area contributed by atoms with E-state index in [-0.39, 0.29) is 5.82 Å². The van der Waals surface area contributed by atoms with Crippen molar-refractivity contribution >= 4 is 11.9 Å². The standard InChI is InChI=1S/C3H3N2O2S/c6-5(7)3-1-2-8-4-3/h1-2,4H. The van der Waals surface area contributed by atoms with Crippen molar-refractivity contribution in [2.24, 2.45) is 0 Å². The second-order valence-corrected chi connectivity index (χ2v) is 1.88. The van der Waals surface area contributed by atoms with Crippen LogP contribution < -0.4 is 4.72 Å². The second kappa shape index (κ2) is 2.04. The van der Waals surface area contributed by atoms with Gasteiger partial charge in [0, 0.05) is 6.08 Å². The summed E-state index contributed by atoms with van der Waals surface area (Å²) in [6.45, 7) is 0. The van der Waals surface area contributed by atoms with Gasteiger partial charge in [0.25, 0.3) is 0 Å². The Hall–Kier alpha value is -0.710. The lowest BCUT2D eigenvalue weighted by Gasteiger charge is -1.90. The summed E-state index contributed by atoms with van der Waals surface area (Å²) < 4.78 is 2.48. The van der Waals surface area contributed by atoms with Crippen LogP contribution in [0.25, 0.3) is 0 Å². The van der Waals surface area contributed by atoms with Crippen LogP contribution in [0.3, 0.4) is 0 Å². The first kappa shape index (κ1) is 5.43. The molecule has 0 aromatic rings. The van der Waals surface area contributed by atoms with Gasteiger partial charge in [-0.3, -0.25) is 0 Å². The number of nitrogens with zero attached hydrogens (tertiary/aromatic N) is 1. The molecule has 1 radical (unpaired) electrons. The summed E-state index contributed by atoms with van der Waals surface area (Å²) in [7, 11) is 0. The Kier molecular flexibility index (Phi) is 1.38. The lowest BCUT2D eigenvalue weighted by atomic mass is 10.6. The fourth-order valence-corrected chi connectivity index (χ4v) is 0.853. The highest BCUT2D eigenvalue weighted by Crippen LogP contribution is 2.13. The molecule has 8 heavy (non-hydrogen) atoms. The summed E-state index contributed by atoms with van der Waals surface area (Å²) in [6, 6.07) is 0. The molecule has 1 aliphatic rings. The van der Waals surface area contributed by atoms with Crippen molar-refractivity contribution in [1.82, 2.24) is 4.72 Å². The molecule has 0 aliphatic carbocycles. The second-order valence-electron chi connectivity index (χ2n) is 1.17. The SMILES string of the molecule is O=[N+]([O-])C1=C[CH]SN1. The molecule has 43 valence electrons. The Bertz CT molecular complexity index is 144. The third-order valence-corrected chi connectivity index (χ3v) is 1.25. The van der Waals surface area contributed by atoms with Crippen LogP contribution in [0.2, 0.25) is 0 Å². The lowest BCUT2D eigenvalue weighted by molar-refractivity contribution is -0.428. The summed E-state index contributed by atoms with van der Waals surface area (Å²) in [5.41, 5.74) is 0. The van der Waals surface area contributed by atoms with Gasteiger partial charge in [0.15, 0.2) is 0 Å². The highest BCUT2D eigenvalue weighted by molar-refractivity contribution is 7.99. The van der Waals surface area contributed by atoms with Gasteiger partial charge in [-0.25, -0.2) is 4.72 Å². The topological polar surface area (TPSA) is 55.2 Å². The van der Waals surface area contributed by atoms with Crippen molar-refractivity contribution in [2.45, 2.75) is 0 Å². The normalized spacial score (nSPS) is 17.2. The summed E-state index contributed by atoms with van der Waals surface area (Å²) in [6.07, 6.45) is 1.42. The molecule has 0 fully saturated rings. The van der Waals surface area contributed by atoms with Gasteiger partial charge in [-0.1, -0.05) is 0 Å². The largest absolute Gasteiger partial charge is 0.358 e. The number of hydrogen-bond acceptors (Lipinski definition) is 4. The van der Waals surface area contributed by atoms with Crippen LogP contribution in [0.15, 0.2) is 11.9 Å². The molecule has 0 saturated heterocycles. The Morgan fingerprint density at radius 2 is 2.62 bits per heavy atom. The first-order chi connectivity index (χ1) is 3.80. The van der Waals surface area contributed by atoms with Crippen LogP contribution in [-0.4, -0.2) is 4.92 Å². The van der Waals surface area contributed by atoms with E-state index in [0.717, 1.165) is 0 Å². The molecular weight excluding hydrogens is 128 g/mol. The van der Waals surface area contributed by atoms with Crippen molar-refractivity contribution in [3.63, 3.8) is 0 Å². The molecule has 0 aromatic carbocycles. The molecule has 5 heteroatoms. The Labute approximate surface area is 50.2 Å². The maximum Gasteiger partial charge on any atom is 0.324 e. The van der Waals surface area contributed by atoms with Crippen LogP contribution in [0, 0.1) is 15.9 Å². The maximum absolute atomic E-state index is 9.84.